The quantitative estimate of drug-likeness (QED) is 0.484. The van der Waals surface area contributed by atoms with E-state index in [2.05, 4.69) is 10.2 Å². The predicted molar refractivity (Wildman–Crippen MR) is 117 cm³/mol. The van der Waals surface area contributed by atoms with Crippen molar-refractivity contribution in [2.75, 3.05) is 13.1 Å². The van der Waals surface area contributed by atoms with E-state index in [0.29, 0.717) is 39.7 Å². The number of aromatic amines is 1. The summed E-state index contributed by atoms with van der Waals surface area (Å²) in [5.41, 5.74) is 0.314. The van der Waals surface area contributed by atoms with Gasteiger partial charge < -0.3 is 0 Å². The summed E-state index contributed by atoms with van der Waals surface area (Å²) in [4.78, 5) is 12.9. The molecule has 172 valence electrons. The van der Waals surface area contributed by atoms with Crippen LogP contribution in [0.3, 0.4) is 0 Å². The van der Waals surface area contributed by atoms with Crippen molar-refractivity contribution in [3.8, 4) is 11.1 Å². The number of rotatable bonds is 4. The normalized spacial score (nSPS) is 15.6. The van der Waals surface area contributed by atoms with Crippen molar-refractivity contribution in [3.05, 3.63) is 59.0 Å². The van der Waals surface area contributed by atoms with Gasteiger partial charge in [0.2, 0.25) is 10.0 Å². The van der Waals surface area contributed by atoms with E-state index in [1.54, 1.807) is 30.3 Å². The van der Waals surface area contributed by atoms with Crippen LogP contribution < -0.4 is 5.56 Å². The summed E-state index contributed by atoms with van der Waals surface area (Å²) in [5.74, 6) is 0. The number of nitrogens with zero attached hydrogens (tertiary/aromatic N) is 3. The summed E-state index contributed by atoms with van der Waals surface area (Å²) in [6, 6.07) is 11.0. The summed E-state index contributed by atoms with van der Waals surface area (Å²) in [6.45, 7) is -0.616. The van der Waals surface area contributed by atoms with Crippen LogP contribution in [-0.2, 0) is 16.6 Å². The molecule has 0 unspecified atom stereocenters. The number of H-pyrrole nitrogens is 1. The summed E-state index contributed by atoms with van der Waals surface area (Å²) in [7, 11) is -3.77. The van der Waals surface area contributed by atoms with Gasteiger partial charge in [0.25, 0.3) is 5.56 Å². The Morgan fingerprint density at radius 3 is 2.48 bits per heavy atom. The highest BCUT2D eigenvalue weighted by Gasteiger charge is 2.31. The number of aromatic nitrogens is 3. The number of fused-ring (bicyclic) bond motifs is 3. The average Bonchev–Trinajstić information content (AvgIpc) is 3.48. The predicted octanol–water partition coefficient (Wildman–Crippen LogP) is 3.89. The second-order valence-corrected chi connectivity index (χ2v) is 9.91. The number of hydrogen-bond donors (Lipinski definition) is 1. The van der Waals surface area contributed by atoms with E-state index >= 15 is 0 Å². The third kappa shape index (κ3) is 3.70. The lowest BCUT2D eigenvalue weighted by Gasteiger charge is -2.19. The summed E-state index contributed by atoms with van der Waals surface area (Å²) in [6.07, 6.45) is -1.86. The van der Waals surface area contributed by atoms with E-state index in [-0.39, 0.29) is 15.8 Å². The number of pyridine rings is 1. The Morgan fingerprint density at radius 2 is 1.76 bits per heavy atom. The Hall–Kier alpha value is -3.18. The number of nitrogens with one attached hydrogen (secondary N) is 1. The smallest absolute Gasteiger partial charge is 0.298 e. The van der Waals surface area contributed by atoms with Crippen LogP contribution in [-0.4, -0.2) is 46.8 Å². The molecule has 1 fully saturated rings. The molecule has 0 saturated carbocycles. The third-order valence-corrected chi connectivity index (χ3v) is 7.85. The molecule has 3 heterocycles. The van der Waals surface area contributed by atoms with Crippen molar-refractivity contribution in [3.63, 3.8) is 0 Å². The lowest BCUT2D eigenvalue weighted by atomic mass is 10.0. The number of benzene rings is 2. The highest BCUT2D eigenvalue weighted by Crippen LogP contribution is 2.34. The SMILES string of the molecule is O=c1c2cn[nH]c2c2ccc(-c3ccccc3S(=O)(=O)N3CCCC3)cc2n1CC(F)(F)F. The topological polar surface area (TPSA) is 88.1 Å². The van der Waals surface area contributed by atoms with Crippen LogP contribution in [0.2, 0.25) is 0 Å². The van der Waals surface area contributed by atoms with Gasteiger partial charge in [-0.3, -0.25) is 14.5 Å². The number of sulfonamides is 1. The molecule has 1 saturated heterocycles. The lowest BCUT2D eigenvalue weighted by Crippen LogP contribution is -2.28. The van der Waals surface area contributed by atoms with Crippen molar-refractivity contribution in [2.24, 2.45) is 0 Å². The Bertz CT molecular complexity index is 1530. The first-order chi connectivity index (χ1) is 15.7. The Morgan fingerprint density at radius 1 is 1.03 bits per heavy atom. The molecule has 0 radical (unpaired) electrons. The second-order valence-electron chi connectivity index (χ2n) is 8.00. The molecule has 4 aromatic rings. The van der Waals surface area contributed by atoms with E-state index in [1.807, 2.05) is 0 Å². The molecule has 0 bridgehead atoms. The standard InChI is InChI=1S/C22H19F3N4O3S/c23-22(24,25)13-29-18-11-14(7-8-16(18)20-17(21(29)30)12-26-27-20)15-5-1-2-6-19(15)33(31,32)28-9-3-4-10-28/h1-2,5-8,11-12H,3-4,9-10,13H2,(H,26,27). The molecular formula is C22H19F3N4O3S. The minimum Gasteiger partial charge on any atom is -0.298 e. The molecule has 7 nitrogen and oxygen atoms in total. The minimum atomic E-state index is -4.62. The van der Waals surface area contributed by atoms with E-state index in [9.17, 15) is 26.4 Å². The van der Waals surface area contributed by atoms with Crippen LogP contribution in [0.4, 0.5) is 13.2 Å². The molecule has 0 aliphatic carbocycles. The zero-order chi connectivity index (χ0) is 23.4. The average molecular weight is 476 g/mol. The van der Waals surface area contributed by atoms with Crippen molar-refractivity contribution < 1.29 is 21.6 Å². The Balaban J connectivity index is 1.76. The molecule has 0 amide bonds. The van der Waals surface area contributed by atoms with Gasteiger partial charge in [0.05, 0.1) is 27.5 Å². The molecule has 33 heavy (non-hydrogen) atoms. The molecule has 1 N–H and O–H groups in total. The van der Waals surface area contributed by atoms with E-state index in [1.165, 1.54) is 22.6 Å². The fourth-order valence-corrected chi connectivity index (χ4v) is 6.11. The van der Waals surface area contributed by atoms with Gasteiger partial charge in [0, 0.05) is 24.0 Å². The maximum absolute atomic E-state index is 13.3. The number of hydrogen-bond acceptors (Lipinski definition) is 4. The molecule has 1 aliphatic rings. The highest BCUT2D eigenvalue weighted by molar-refractivity contribution is 7.89. The van der Waals surface area contributed by atoms with Gasteiger partial charge in [0.15, 0.2) is 0 Å². The van der Waals surface area contributed by atoms with E-state index in [0.717, 1.165) is 12.8 Å². The summed E-state index contributed by atoms with van der Waals surface area (Å²) < 4.78 is 68.5. The first kappa shape index (κ1) is 21.7. The van der Waals surface area contributed by atoms with Crippen molar-refractivity contribution in [2.45, 2.75) is 30.5 Å². The van der Waals surface area contributed by atoms with Crippen LogP contribution in [0.15, 0.2) is 58.4 Å². The highest BCUT2D eigenvalue weighted by atomic mass is 32.2. The largest absolute Gasteiger partial charge is 0.406 e. The monoisotopic (exact) mass is 476 g/mol. The maximum Gasteiger partial charge on any atom is 0.406 e. The fraction of sp³-hybridized carbons (Fsp3) is 0.273. The molecule has 0 atom stereocenters. The van der Waals surface area contributed by atoms with Crippen LogP contribution in [0.5, 0.6) is 0 Å². The molecule has 1 aliphatic heterocycles. The Kier molecular flexibility index (Phi) is 5.05. The van der Waals surface area contributed by atoms with Crippen LogP contribution in [0.25, 0.3) is 32.9 Å². The lowest BCUT2D eigenvalue weighted by molar-refractivity contribution is -0.140. The summed E-state index contributed by atoms with van der Waals surface area (Å²) in [5, 5.41) is 6.93. The Labute approximate surface area is 186 Å². The van der Waals surface area contributed by atoms with Gasteiger partial charge in [-0.2, -0.15) is 22.6 Å². The maximum atomic E-state index is 13.3. The number of halogens is 3. The molecule has 2 aromatic heterocycles. The zero-order valence-corrected chi connectivity index (χ0v) is 18.1. The van der Waals surface area contributed by atoms with Crippen molar-refractivity contribution >= 4 is 31.8 Å². The summed E-state index contributed by atoms with van der Waals surface area (Å²) >= 11 is 0. The fourth-order valence-electron chi connectivity index (χ4n) is 4.38. The van der Waals surface area contributed by atoms with Gasteiger partial charge >= 0.3 is 6.18 Å². The van der Waals surface area contributed by atoms with Gasteiger partial charge in [-0.25, -0.2) is 8.42 Å². The van der Waals surface area contributed by atoms with Crippen molar-refractivity contribution in [1.29, 1.82) is 0 Å². The zero-order valence-electron chi connectivity index (χ0n) is 17.3. The van der Waals surface area contributed by atoms with Gasteiger partial charge in [-0.1, -0.05) is 30.3 Å². The van der Waals surface area contributed by atoms with Gasteiger partial charge in [-0.05, 0) is 30.5 Å². The molecule has 5 rings (SSSR count). The first-order valence-corrected chi connectivity index (χ1v) is 11.8. The van der Waals surface area contributed by atoms with Crippen LogP contribution in [0.1, 0.15) is 12.8 Å². The van der Waals surface area contributed by atoms with Crippen LogP contribution >= 0.6 is 0 Å². The van der Waals surface area contributed by atoms with Gasteiger partial charge in [0.1, 0.15) is 6.54 Å². The molecule has 2 aromatic carbocycles. The minimum absolute atomic E-state index is 0.0416. The van der Waals surface area contributed by atoms with E-state index < -0.39 is 28.3 Å². The van der Waals surface area contributed by atoms with Crippen LogP contribution in [0, 0.1) is 0 Å². The van der Waals surface area contributed by atoms with Crippen molar-refractivity contribution in [1.82, 2.24) is 19.1 Å². The first-order valence-electron chi connectivity index (χ1n) is 10.3. The molecule has 0 spiro atoms. The molecule has 11 heteroatoms. The van der Waals surface area contributed by atoms with E-state index in [4.69, 9.17) is 0 Å². The van der Waals surface area contributed by atoms with Gasteiger partial charge in [-0.15, -0.1) is 0 Å². The number of alkyl halides is 3. The molecular weight excluding hydrogens is 457 g/mol. The third-order valence-electron chi connectivity index (χ3n) is 5.89. The second kappa shape index (κ2) is 7.70.